The Morgan fingerprint density at radius 1 is 1.67 bits per heavy atom. The molecule has 15 heavy (non-hydrogen) atoms. The van der Waals surface area contributed by atoms with Gasteiger partial charge in [-0.3, -0.25) is 4.99 Å². The number of nitrogens with zero attached hydrogens (tertiary/aromatic N) is 1. The topological polar surface area (TPSA) is 59.6 Å². The third kappa shape index (κ3) is 1.86. The molecule has 2 rings (SSSR count). The van der Waals surface area contributed by atoms with E-state index in [0.717, 1.165) is 5.56 Å². The van der Waals surface area contributed by atoms with E-state index in [2.05, 4.69) is 10.3 Å². The second-order valence-electron chi connectivity index (χ2n) is 3.30. The Bertz CT molecular complexity index is 406. The molecular weight excluding hydrogens is 197 g/mol. The van der Waals surface area contributed by atoms with Crippen LogP contribution < -0.4 is 15.8 Å². The van der Waals surface area contributed by atoms with Crippen LogP contribution in [0.3, 0.4) is 0 Å². The summed E-state index contributed by atoms with van der Waals surface area (Å²) in [6.45, 7) is 0.439. The molecule has 0 bridgehead atoms. The van der Waals surface area contributed by atoms with Crippen molar-refractivity contribution in [3.05, 3.63) is 29.6 Å². The standard InChI is InChI=1S/C10H12FN3O/c1-13-10(12)14-8-5-15-9-3-2-6(11)4-7(8)9/h2-4,8H,5H2,1H3,(H3,12,13,14). The summed E-state index contributed by atoms with van der Waals surface area (Å²) in [5, 5.41) is 2.95. The first-order valence-electron chi connectivity index (χ1n) is 4.61. The lowest BCUT2D eigenvalue weighted by Gasteiger charge is -2.11. The molecule has 5 heteroatoms. The Kier molecular flexibility index (Phi) is 2.45. The van der Waals surface area contributed by atoms with Crippen LogP contribution in [0.1, 0.15) is 11.6 Å². The van der Waals surface area contributed by atoms with Crippen molar-refractivity contribution in [1.82, 2.24) is 5.32 Å². The lowest BCUT2D eigenvalue weighted by atomic mass is 10.1. The van der Waals surface area contributed by atoms with Crippen molar-refractivity contribution in [1.29, 1.82) is 0 Å². The molecule has 0 amide bonds. The summed E-state index contributed by atoms with van der Waals surface area (Å²) in [7, 11) is 1.59. The van der Waals surface area contributed by atoms with E-state index in [1.54, 1.807) is 13.1 Å². The molecule has 1 aliphatic heterocycles. The molecule has 1 heterocycles. The van der Waals surface area contributed by atoms with E-state index in [0.29, 0.717) is 18.3 Å². The Hall–Kier alpha value is -1.78. The number of hydrogen-bond acceptors (Lipinski definition) is 2. The van der Waals surface area contributed by atoms with Crippen LogP contribution in [-0.2, 0) is 0 Å². The molecule has 1 aromatic rings. The number of nitrogens with two attached hydrogens (primary N) is 1. The highest BCUT2D eigenvalue weighted by atomic mass is 19.1. The fourth-order valence-electron chi connectivity index (χ4n) is 1.55. The summed E-state index contributed by atoms with van der Waals surface area (Å²) in [4.78, 5) is 3.78. The number of ether oxygens (including phenoxy) is 1. The van der Waals surface area contributed by atoms with Crippen molar-refractivity contribution in [2.24, 2.45) is 10.7 Å². The molecule has 1 aliphatic rings. The van der Waals surface area contributed by atoms with Crippen molar-refractivity contribution in [3.8, 4) is 5.75 Å². The average molecular weight is 209 g/mol. The highest BCUT2D eigenvalue weighted by Gasteiger charge is 2.24. The van der Waals surface area contributed by atoms with Gasteiger partial charge in [0.1, 0.15) is 18.2 Å². The van der Waals surface area contributed by atoms with Gasteiger partial charge in [-0.15, -0.1) is 0 Å². The van der Waals surface area contributed by atoms with Crippen LogP contribution in [0, 0.1) is 5.82 Å². The normalized spacial score (nSPS) is 19.6. The first-order valence-corrected chi connectivity index (χ1v) is 4.61. The molecule has 0 saturated carbocycles. The molecule has 1 unspecified atom stereocenters. The molecule has 1 aromatic carbocycles. The van der Waals surface area contributed by atoms with E-state index < -0.39 is 0 Å². The number of benzene rings is 1. The Labute approximate surface area is 86.9 Å². The number of hydrogen-bond donors (Lipinski definition) is 2. The number of nitrogens with one attached hydrogen (secondary N) is 1. The van der Waals surface area contributed by atoms with Gasteiger partial charge < -0.3 is 15.8 Å². The molecule has 3 N–H and O–H groups in total. The highest BCUT2D eigenvalue weighted by Crippen LogP contribution is 2.32. The zero-order valence-electron chi connectivity index (χ0n) is 8.33. The molecule has 0 fully saturated rings. The van der Waals surface area contributed by atoms with E-state index in [9.17, 15) is 4.39 Å². The van der Waals surface area contributed by atoms with Crippen molar-refractivity contribution in [2.75, 3.05) is 13.7 Å². The number of aliphatic imine (C=N–C) groups is 1. The third-order valence-electron chi connectivity index (χ3n) is 2.32. The van der Waals surface area contributed by atoms with Crippen LogP contribution in [0.5, 0.6) is 5.75 Å². The number of rotatable bonds is 1. The van der Waals surface area contributed by atoms with Gasteiger partial charge in [0.2, 0.25) is 0 Å². The van der Waals surface area contributed by atoms with Crippen molar-refractivity contribution < 1.29 is 9.13 Å². The minimum atomic E-state index is -0.280. The van der Waals surface area contributed by atoms with Gasteiger partial charge in [0, 0.05) is 12.6 Å². The van der Waals surface area contributed by atoms with Gasteiger partial charge in [0.15, 0.2) is 5.96 Å². The zero-order chi connectivity index (χ0) is 10.8. The van der Waals surface area contributed by atoms with Crippen LogP contribution >= 0.6 is 0 Å². The Morgan fingerprint density at radius 3 is 3.20 bits per heavy atom. The van der Waals surface area contributed by atoms with Gasteiger partial charge in [0.25, 0.3) is 0 Å². The highest BCUT2D eigenvalue weighted by molar-refractivity contribution is 5.78. The van der Waals surface area contributed by atoms with E-state index in [4.69, 9.17) is 10.5 Å². The van der Waals surface area contributed by atoms with Crippen LogP contribution in [0.25, 0.3) is 0 Å². The summed E-state index contributed by atoms with van der Waals surface area (Å²) < 4.78 is 18.4. The van der Waals surface area contributed by atoms with Crippen LogP contribution in [0.2, 0.25) is 0 Å². The quantitative estimate of drug-likeness (QED) is 0.531. The van der Waals surface area contributed by atoms with Crippen LogP contribution in [0.4, 0.5) is 4.39 Å². The Morgan fingerprint density at radius 2 is 2.47 bits per heavy atom. The number of fused-ring (bicyclic) bond motifs is 1. The van der Waals surface area contributed by atoms with Gasteiger partial charge in [-0.2, -0.15) is 0 Å². The van der Waals surface area contributed by atoms with Crippen molar-refractivity contribution in [3.63, 3.8) is 0 Å². The lowest BCUT2D eigenvalue weighted by molar-refractivity contribution is 0.324. The van der Waals surface area contributed by atoms with E-state index in [1.807, 2.05) is 0 Å². The minimum Gasteiger partial charge on any atom is -0.491 e. The average Bonchev–Trinajstić information content (AvgIpc) is 2.61. The summed E-state index contributed by atoms with van der Waals surface area (Å²) in [6, 6.07) is 4.31. The summed E-state index contributed by atoms with van der Waals surface area (Å²) in [6.07, 6.45) is 0. The minimum absolute atomic E-state index is 0.126. The maximum absolute atomic E-state index is 13.0. The molecule has 0 spiro atoms. The molecule has 80 valence electrons. The zero-order valence-corrected chi connectivity index (χ0v) is 8.33. The van der Waals surface area contributed by atoms with Crippen LogP contribution in [0.15, 0.2) is 23.2 Å². The molecule has 4 nitrogen and oxygen atoms in total. The maximum Gasteiger partial charge on any atom is 0.188 e. The summed E-state index contributed by atoms with van der Waals surface area (Å²) in [5.74, 6) is 0.733. The third-order valence-corrected chi connectivity index (χ3v) is 2.32. The molecule has 0 radical (unpaired) electrons. The predicted molar refractivity (Wildman–Crippen MR) is 55.3 cm³/mol. The Balaban J connectivity index is 2.24. The van der Waals surface area contributed by atoms with Gasteiger partial charge in [0.05, 0.1) is 6.04 Å². The molecule has 0 saturated heterocycles. The van der Waals surface area contributed by atoms with Gasteiger partial charge >= 0.3 is 0 Å². The second kappa shape index (κ2) is 3.76. The monoisotopic (exact) mass is 209 g/mol. The van der Waals surface area contributed by atoms with E-state index in [-0.39, 0.29) is 11.9 Å². The van der Waals surface area contributed by atoms with E-state index in [1.165, 1.54) is 12.1 Å². The first-order chi connectivity index (χ1) is 7.20. The predicted octanol–water partition coefficient (Wildman–Crippen LogP) is 0.793. The molecular formula is C10H12FN3O. The van der Waals surface area contributed by atoms with Crippen LogP contribution in [-0.4, -0.2) is 19.6 Å². The number of guanidine groups is 1. The fraction of sp³-hybridized carbons (Fsp3) is 0.300. The smallest absolute Gasteiger partial charge is 0.188 e. The fourth-order valence-corrected chi connectivity index (χ4v) is 1.55. The van der Waals surface area contributed by atoms with Gasteiger partial charge in [-0.05, 0) is 18.2 Å². The summed E-state index contributed by atoms with van der Waals surface area (Å²) in [5.41, 5.74) is 6.32. The van der Waals surface area contributed by atoms with Crippen molar-refractivity contribution >= 4 is 5.96 Å². The second-order valence-corrected chi connectivity index (χ2v) is 3.30. The first kappa shape index (κ1) is 9.76. The largest absolute Gasteiger partial charge is 0.491 e. The number of halogens is 1. The lowest BCUT2D eigenvalue weighted by Crippen LogP contribution is -2.35. The SMILES string of the molecule is CN=C(N)NC1COc2ccc(F)cc21. The molecule has 0 aliphatic carbocycles. The van der Waals surface area contributed by atoms with Crippen molar-refractivity contribution in [2.45, 2.75) is 6.04 Å². The maximum atomic E-state index is 13.0. The molecule has 0 aromatic heterocycles. The van der Waals surface area contributed by atoms with Gasteiger partial charge in [-0.1, -0.05) is 0 Å². The van der Waals surface area contributed by atoms with E-state index >= 15 is 0 Å². The molecule has 1 atom stereocenters. The van der Waals surface area contributed by atoms with Gasteiger partial charge in [-0.25, -0.2) is 4.39 Å². The summed E-state index contributed by atoms with van der Waals surface area (Å²) >= 11 is 0.